The van der Waals surface area contributed by atoms with Gasteiger partial charge in [0.25, 0.3) is 0 Å². The normalized spacial score (nSPS) is 12.2. The molecule has 0 aliphatic heterocycles. The minimum atomic E-state index is 0.945. The maximum Gasteiger partial charge on any atom is 0.0468 e. The van der Waals surface area contributed by atoms with E-state index < -0.39 is 0 Å². The Morgan fingerprint density at radius 2 is 0.726 bits per heavy atom. The molecular formula is C70H55N3. The van der Waals surface area contributed by atoms with Crippen molar-refractivity contribution < 1.29 is 0 Å². The third-order valence-corrected chi connectivity index (χ3v) is 13.6. The number of benzene rings is 10. The highest BCUT2D eigenvalue weighted by Gasteiger charge is 2.27. The van der Waals surface area contributed by atoms with Crippen molar-refractivity contribution in [2.45, 2.75) is 12.8 Å². The van der Waals surface area contributed by atoms with E-state index in [1.165, 1.54) is 5.57 Å². The number of para-hydroxylation sites is 6. The van der Waals surface area contributed by atoms with Crippen molar-refractivity contribution in [2.75, 3.05) is 14.7 Å². The van der Waals surface area contributed by atoms with Gasteiger partial charge in [-0.1, -0.05) is 189 Å². The molecule has 0 saturated carbocycles. The Morgan fingerprint density at radius 3 is 1.10 bits per heavy atom. The first-order chi connectivity index (χ1) is 36.2. The van der Waals surface area contributed by atoms with Crippen LogP contribution in [0.3, 0.4) is 0 Å². The van der Waals surface area contributed by atoms with Crippen LogP contribution in [0.25, 0.3) is 44.2 Å². The fraction of sp³-hybridized carbons (Fsp3) is 0.0286. The van der Waals surface area contributed by atoms with E-state index in [0.717, 1.165) is 114 Å². The first kappa shape index (κ1) is 46.0. The average molecular weight is 938 g/mol. The van der Waals surface area contributed by atoms with Gasteiger partial charge < -0.3 is 14.7 Å². The second-order valence-corrected chi connectivity index (χ2v) is 18.0. The predicted octanol–water partition coefficient (Wildman–Crippen LogP) is 20.1. The molecule has 0 atom stereocenters. The maximum absolute atomic E-state index is 4.50. The molecule has 10 aromatic rings. The Bertz CT molecular complexity index is 3480. The molecule has 11 rings (SSSR count). The maximum atomic E-state index is 4.50. The SMILES string of the molecule is C=C/C=C(\C=C)c1c(C2=CCCC=C2)c(-c2ccc(N(c3ccccc3)c3ccccc3)cc2)c2ccc(N(c3ccccc3)c3ccccc3)cc2c1-c1ccc(N(c2ccccc2)c2ccccc2)cc1. The van der Waals surface area contributed by atoms with E-state index in [4.69, 9.17) is 0 Å². The first-order valence-corrected chi connectivity index (χ1v) is 25.1. The lowest BCUT2D eigenvalue weighted by Crippen LogP contribution is -2.10. The summed E-state index contributed by atoms with van der Waals surface area (Å²) >= 11 is 0. The van der Waals surface area contributed by atoms with Crippen LogP contribution in [0.15, 0.2) is 298 Å². The fourth-order valence-corrected chi connectivity index (χ4v) is 10.3. The van der Waals surface area contributed by atoms with Crippen LogP contribution in [0.1, 0.15) is 24.0 Å². The van der Waals surface area contributed by atoms with Crippen LogP contribution in [0.2, 0.25) is 0 Å². The third kappa shape index (κ3) is 9.36. The molecule has 0 bridgehead atoms. The number of hydrogen-bond acceptors (Lipinski definition) is 3. The van der Waals surface area contributed by atoms with Crippen LogP contribution in [-0.2, 0) is 0 Å². The van der Waals surface area contributed by atoms with E-state index in [1.807, 2.05) is 12.2 Å². The van der Waals surface area contributed by atoms with Gasteiger partial charge in [-0.15, -0.1) is 0 Å². The predicted molar refractivity (Wildman–Crippen MR) is 314 cm³/mol. The van der Waals surface area contributed by atoms with Gasteiger partial charge in [0.1, 0.15) is 0 Å². The summed E-state index contributed by atoms with van der Waals surface area (Å²) in [5.41, 5.74) is 18.6. The molecule has 0 saturated heterocycles. The largest absolute Gasteiger partial charge is 0.311 e. The molecule has 0 fully saturated rings. The van der Waals surface area contributed by atoms with Crippen molar-refractivity contribution in [3.8, 4) is 22.3 Å². The molecule has 3 heteroatoms. The quantitative estimate of drug-likeness (QED) is 0.0949. The van der Waals surface area contributed by atoms with E-state index in [2.05, 4.69) is 301 Å². The van der Waals surface area contributed by atoms with Gasteiger partial charge in [0, 0.05) is 51.2 Å². The molecular weight excluding hydrogens is 883 g/mol. The van der Waals surface area contributed by atoms with Crippen LogP contribution < -0.4 is 14.7 Å². The Labute approximate surface area is 430 Å². The number of rotatable bonds is 15. The van der Waals surface area contributed by atoms with E-state index >= 15 is 0 Å². The van der Waals surface area contributed by atoms with Crippen LogP contribution in [0.5, 0.6) is 0 Å². The van der Waals surface area contributed by atoms with Gasteiger partial charge in [0.15, 0.2) is 0 Å². The average Bonchev–Trinajstić information content (AvgIpc) is 3.47. The summed E-state index contributed by atoms with van der Waals surface area (Å²) in [4.78, 5) is 6.99. The summed E-state index contributed by atoms with van der Waals surface area (Å²) in [6, 6.07) is 89.0. The topological polar surface area (TPSA) is 9.72 Å². The lowest BCUT2D eigenvalue weighted by Gasteiger charge is -2.29. The second-order valence-electron chi connectivity index (χ2n) is 18.0. The minimum Gasteiger partial charge on any atom is -0.311 e. The Balaban J connectivity index is 1.21. The first-order valence-electron chi connectivity index (χ1n) is 25.1. The number of anilines is 9. The summed E-state index contributed by atoms with van der Waals surface area (Å²) in [6.45, 7) is 8.76. The number of allylic oxidation sites excluding steroid dienone is 8. The van der Waals surface area contributed by atoms with Crippen molar-refractivity contribution in [1.82, 2.24) is 0 Å². The molecule has 10 aromatic carbocycles. The molecule has 0 N–H and O–H groups in total. The van der Waals surface area contributed by atoms with E-state index in [0.29, 0.717) is 0 Å². The molecule has 0 amide bonds. The number of hydrogen-bond donors (Lipinski definition) is 0. The molecule has 0 spiro atoms. The van der Waals surface area contributed by atoms with Crippen LogP contribution in [-0.4, -0.2) is 0 Å². The van der Waals surface area contributed by atoms with E-state index in [9.17, 15) is 0 Å². The molecule has 3 nitrogen and oxygen atoms in total. The van der Waals surface area contributed by atoms with Crippen molar-refractivity contribution in [2.24, 2.45) is 0 Å². The summed E-state index contributed by atoms with van der Waals surface area (Å²) in [6.07, 6.45) is 15.0. The fourth-order valence-electron chi connectivity index (χ4n) is 10.3. The Morgan fingerprint density at radius 1 is 0.356 bits per heavy atom. The van der Waals surface area contributed by atoms with Crippen LogP contribution >= 0.6 is 0 Å². The standard InChI is InChI=1S/C70H55N3/c1-3-26-52(4-2)69-68(55-43-47-63(48-44-55)72(58-33-18-8-19-34-58)59-35-20-9-21-36-59)66-51-64(73(60-37-22-10-23-38-60)61-39-24-11-25-40-61)49-50-65(66)67(70(69)53-27-12-5-13-28-53)54-41-45-62(46-42-54)71(56-29-14-6-15-30-56)57-31-16-7-17-32-57/h3-4,6-12,14-51H,1-2,5,13H2/b52-26+. The highest BCUT2D eigenvalue weighted by molar-refractivity contribution is 6.16. The molecule has 350 valence electrons. The zero-order valence-corrected chi connectivity index (χ0v) is 40.8. The highest BCUT2D eigenvalue weighted by Crippen LogP contribution is 2.51. The lowest BCUT2D eigenvalue weighted by molar-refractivity contribution is 1.04. The summed E-state index contributed by atoms with van der Waals surface area (Å²) in [7, 11) is 0. The highest BCUT2D eigenvalue weighted by atomic mass is 15.2. The Hall–Kier alpha value is -9.44. The molecule has 73 heavy (non-hydrogen) atoms. The van der Waals surface area contributed by atoms with Gasteiger partial charge in [0.2, 0.25) is 0 Å². The molecule has 1 aliphatic carbocycles. The molecule has 1 aliphatic rings. The summed E-state index contributed by atoms with van der Waals surface area (Å²) < 4.78 is 0. The zero-order valence-electron chi connectivity index (χ0n) is 40.8. The zero-order chi connectivity index (χ0) is 49.3. The van der Waals surface area contributed by atoms with Crippen molar-refractivity contribution >= 4 is 73.1 Å². The molecule has 0 aromatic heterocycles. The summed E-state index contributed by atoms with van der Waals surface area (Å²) in [5, 5.41) is 2.27. The molecule has 0 heterocycles. The third-order valence-electron chi connectivity index (χ3n) is 13.6. The van der Waals surface area contributed by atoms with Crippen LogP contribution in [0, 0.1) is 0 Å². The van der Waals surface area contributed by atoms with Crippen molar-refractivity contribution in [1.29, 1.82) is 0 Å². The summed E-state index contributed by atoms with van der Waals surface area (Å²) in [5.74, 6) is 0. The van der Waals surface area contributed by atoms with E-state index in [1.54, 1.807) is 0 Å². The van der Waals surface area contributed by atoms with Crippen molar-refractivity contribution in [3.63, 3.8) is 0 Å². The molecule has 0 unspecified atom stereocenters. The monoisotopic (exact) mass is 937 g/mol. The van der Waals surface area contributed by atoms with Crippen molar-refractivity contribution in [3.05, 3.63) is 309 Å². The number of nitrogens with zero attached hydrogens (tertiary/aromatic N) is 3. The second kappa shape index (κ2) is 21.3. The number of fused-ring (bicyclic) bond motifs is 1. The van der Waals surface area contributed by atoms with Gasteiger partial charge in [0.05, 0.1) is 0 Å². The van der Waals surface area contributed by atoms with Gasteiger partial charge in [-0.25, -0.2) is 0 Å². The van der Waals surface area contributed by atoms with Gasteiger partial charge >= 0.3 is 0 Å². The lowest BCUT2D eigenvalue weighted by atomic mass is 9.77. The Kier molecular flexibility index (Phi) is 13.4. The van der Waals surface area contributed by atoms with Gasteiger partial charge in [-0.3, -0.25) is 0 Å². The van der Waals surface area contributed by atoms with Gasteiger partial charge in [-0.2, -0.15) is 0 Å². The molecule has 0 radical (unpaired) electrons. The smallest absolute Gasteiger partial charge is 0.0468 e. The minimum absolute atomic E-state index is 0.945. The van der Waals surface area contributed by atoms with Crippen LogP contribution in [0.4, 0.5) is 51.2 Å². The van der Waals surface area contributed by atoms with Gasteiger partial charge in [-0.05, 0) is 177 Å². The van der Waals surface area contributed by atoms with E-state index in [-0.39, 0.29) is 0 Å².